The lowest BCUT2D eigenvalue weighted by Gasteiger charge is -2.06. The molecular weight excluding hydrogens is 174 g/mol. The Kier molecular flexibility index (Phi) is 4.36. The maximum Gasteiger partial charge on any atom is 0.222 e. The molecule has 1 heterocycles. The van der Waals surface area contributed by atoms with Crippen LogP contribution in [0.25, 0.3) is 0 Å². The number of hydrogen-bond donors (Lipinski definition) is 1. The van der Waals surface area contributed by atoms with Crippen LogP contribution in [0.4, 0.5) is 5.95 Å². The Balaban J connectivity index is 2.59. The zero-order valence-electron chi connectivity index (χ0n) is 9.25. The Morgan fingerprint density at radius 3 is 2.86 bits per heavy atom. The molecule has 1 aromatic heterocycles. The number of anilines is 1. The van der Waals surface area contributed by atoms with Crippen LogP contribution in [0.3, 0.4) is 0 Å². The lowest BCUT2D eigenvalue weighted by atomic mass is 10.1. The molecule has 0 aromatic carbocycles. The van der Waals surface area contributed by atoms with Gasteiger partial charge in [0.25, 0.3) is 0 Å². The fourth-order valence-electron chi connectivity index (χ4n) is 1.25. The van der Waals surface area contributed by atoms with E-state index in [-0.39, 0.29) is 0 Å². The van der Waals surface area contributed by atoms with Gasteiger partial charge in [0.1, 0.15) is 0 Å². The maximum absolute atomic E-state index is 4.43. The van der Waals surface area contributed by atoms with Crippen LogP contribution in [0.1, 0.15) is 32.9 Å². The van der Waals surface area contributed by atoms with E-state index < -0.39 is 0 Å². The van der Waals surface area contributed by atoms with E-state index in [9.17, 15) is 0 Å². The molecule has 1 rings (SSSR count). The fourth-order valence-corrected chi connectivity index (χ4v) is 1.25. The average Bonchev–Trinajstić information content (AvgIpc) is 2.14. The first-order valence-corrected chi connectivity index (χ1v) is 5.28. The van der Waals surface area contributed by atoms with Crippen LogP contribution in [0, 0.1) is 5.92 Å². The summed E-state index contributed by atoms with van der Waals surface area (Å²) in [7, 11) is 0. The van der Waals surface area contributed by atoms with Crippen LogP contribution in [0.15, 0.2) is 12.3 Å². The van der Waals surface area contributed by atoms with Crippen molar-refractivity contribution in [3.8, 4) is 0 Å². The van der Waals surface area contributed by atoms with Gasteiger partial charge < -0.3 is 5.32 Å². The highest BCUT2D eigenvalue weighted by Gasteiger charge is 2.00. The minimum absolute atomic E-state index is 0.643. The molecule has 0 spiro atoms. The van der Waals surface area contributed by atoms with E-state index in [1.165, 1.54) is 0 Å². The molecule has 0 radical (unpaired) electrons. The molecule has 14 heavy (non-hydrogen) atoms. The second-order valence-electron chi connectivity index (χ2n) is 3.90. The summed E-state index contributed by atoms with van der Waals surface area (Å²) < 4.78 is 0. The third-order valence-electron chi connectivity index (χ3n) is 1.86. The largest absolute Gasteiger partial charge is 0.354 e. The Morgan fingerprint density at radius 2 is 2.21 bits per heavy atom. The van der Waals surface area contributed by atoms with Crippen molar-refractivity contribution in [3.63, 3.8) is 0 Å². The Morgan fingerprint density at radius 1 is 1.43 bits per heavy atom. The first-order chi connectivity index (χ1) is 6.72. The van der Waals surface area contributed by atoms with Crippen LogP contribution in [0.2, 0.25) is 0 Å². The van der Waals surface area contributed by atoms with E-state index in [2.05, 4.69) is 36.1 Å². The van der Waals surface area contributed by atoms with E-state index >= 15 is 0 Å². The molecule has 3 nitrogen and oxygen atoms in total. The van der Waals surface area contributed by atoms with Crippen molar-refractivity contribution in [1.29, 1.82) is 0 Å². The van der Waals surface area contributed by atoms with Crippen molar-refractivity contribution in [2.45, 2.75) is 33.6 Å². The second-order valence-corrected chi connectivity index (χ2v) is 3.90. The smallest absolute Gasteiger partial charge is 0.222 e. The summed E-state index contributed by atoms with van der Waals surface area (Å²) in [6.45, 7) is 7.46. The van der Waals surface area contributed by atoms with Gasteiger partial charge in [-0.1, -0.05) is 20.8 Å². The molecule has 78 valence electrons. The van der Waals surface area contributed by atoms with Gasteiger partial charge >= 0.3 is 0 Å². The minimum Gasteiger partial charge on any atom is -0.354 e. The summed E-state index contributed by atoms with van der Waals surface area (Å²) in [5, 5.41) is 3.19. The van der Waals surface area contributed by atoms with Gasteiger partial charge in [-0.25, -0.2) is 9.97 Å². The fraction of sp³-hybridized carbons (Fsp3) is 0.636. The van der Waals surface area contributed by atoms with Crippen molar-refractivity contribution in [2.75, 3.05) is 11.9 Å². The van der Waals surface area contributed by atoms with Crippen LogP contribution < -0.4 is 5.32 Å². The second kappa shape index (κ2) is 5.58. The normalized spacial score (nSPS) is 10.6. The monoisotopic (exact) mass is 193 g/mol. The van der Waals surface area contributed by atoms with Gasteiger partial charge in [-0.2, -0.15) is 0 Å². The molecule has 0 atom stereocenters. The molecule has 1 aromatic rings. The van der Waals surface area contributed by atoms with E-state index in [0.717, 1.165) is 31.0 Å². The summed E-state index contributed by atoms with van der Waals surface area (Å²) in [6.07, 6.45) is 3.93. The summed E-state index contributed by atoms with van der Waals surface area (Å²) >= 11 is 0. The third-order valence-corrected chi connectivity index (χ3v) is 1.86. The Labute approximate surface area is 86.0 Å². The molecule has 1 N–H and O–H groups in total. The van der Waals surface area contributed by atoms with E-state index in [0.29, 0.717) is 5.92 Å². The van der Waals surface area contributed by atoms with Gasteiger partial charge in [0, 0.05) is 18.4 Å². The van der Waals surface area contributed by atoms with Gasteiger partial charge in [-0.3, -0.25) is 0 Å². The van der Waals surface area contributed by atoms with Crippen molar-refractivity contribution < 1.29 is 0 Å². The molecule has 0 amide bonds. The zero-order chi connectivity index (χ0) is 10.4. The molecule has 3 heteroatoms. The molecule has 0 fully saturated rings. The number of aromatic nitrogens is 2. The molecule has 0 saturated heterocycles. The summed E-state index contributed by atoms with van der Waals surface area (Å²) in [5.74, 6) is 1.40. The lowest BCUT2D eigenvalue weighted by Crippen LogP contribution is -2.06. The predicted molar refractivity (Wildman–Crippen MR) is 59.4 cm³/mol. The summed E-state index contributed by atoms with van der Waals surface area (Å²) in [6, 6.07) is 1.98. The predicted octanol–water partition coefficient (Wildman–Crippen LogP) is 2.50. The lowest BCUT2D eigenvalue weighted by molar-refractivity contribution is 0.634. The van der Waals surface area contributed by atoms with Gasteiger partial charge in [0.05, 0.1) is 0 Å². The number of nitrogens with zero attached hydrogens (tertiary/aromatic N) is 2. The maximum atomic E-state index is 4.43. The van der Waals surface area contributed by atoms with Crippen molar-refractivity contribution >= 4 is 5.95 Å². The van der Waals surface area contributed by atoms with E-state index in [1.807, 2.05) is 12.3 Å². The third kappa shape index (κ3) is 3.73. The minimum atomic E-state index is 0.643. The molecule has 0 unspecified atom stereocenters. The first kappa shape index (κ1) is 11.0. The van der Waals surface area contributed by atoms with Gasteiger partial charge in [0.2, 0.25) is 5.95 Å². The van der Waals surface area contributed by atoms with Crippen molar-refractivity contribution in [1.82, 2.24) is 9.97 Å². The highest BCUT2D eigenvalue weighted by atomic mass is 15.1. The van der Waals surface area contributed by atoms with Crippen LogP contribution in [0.5, 0.6) is 0 Å². The van der Waals surface area contributed by atoms with Crippen LogP contribution >= 0.6 is 0 Å². The molecular formula is C11H19N3. The van der Waals surface area contributed by atoms with Crippen molar-refractivity contribution in [3.05, 3.63) is 18.0 Å². The van der Waals surface area contributed by atoms with E-state index in [1.54, 1.807) is 0 Å². The van der Waals surface area contributed by atoms with Crippen LogP contribution in [-0.2, 0) is 6.42 Å². The van der Waals surface area contributed by atoms with Gasteiger partial charge in [-0.05, 0) is 24.8 Å². The molecule has 0 saturated carbocycles. The van der Waals surface area contributed by atoms with Gasteiger partial charge in [0.15, 0.2) is 0 Å². The Hall–Kier alpha value is -1.12. The van der Waals surface area contributed by atoms with E-state index in [4.69, 9.17) is 0 Å². The Bertz CT molecular complexity index is 271. The van der Waals surface area contributed by atoms with Gasteiger partial charge in [-0.15, -0.1) is 0 Å². The molecule has 0 bridgehead atoms. The molecule has 0 aliphatic carbocycles. The molecule has 0 aliphatic heterocycles. The standard InChI is InChI=1S/C11H19N3/c1-4-6-12-11-13-7-5-10(14-11)8-9(2)3/h5,7,9H,4,6,8H2,1-3H3,(H,12,13,14). The highest BCUT2D eigenvalue weighted by Crippen LogP contribution is 2.06. The zero-order valence-corrected chi connectivity index (χ0v) is 9.25. The van der Waals surface area contributed by atoms with Crippen molar-refractivity contribution in [2.24, 2.45) is 5.92 Å². The summed E-state index contributed by atoms with van der Waals surface area (Å²) in [4.78, 5) is 8.59. The molecule has 0 aliphatic rings. The SMILES string of the molecule is CCCNc1nccc(CC(C)C)n1. The average molecular weight is 193 g/mol. The quantitative estimate of drug-likeness (QED) is 0.780. The summed E-state index contributed by atoms with van der Waals surface area (Å²) in [5.41, 5.74) is 1.12. The number of hydrogen-bond acceptors (Lipinski definition) is 3. The highest BCUT2D eigenvalue weighted by molar-refractivity contribution is 5.24. The number of rotatable bonds is 5. The first-order valence-electron chi connectivity index (χ1n) is 5.28. The number of nitrogens with one attached hydrogen (secondary N) is 1. The topological polar surface area (TPSA) is 37.8 Å². The van der Waals surface area contributed by atoms with Crippen LogP contribution in [-0.4, -0.2) is 16.5 Å².